The van der Waals surface area contributed by atoms with Crippen LogP contribution in [0.3, 0.4) is 0 Å². The van der Waals surface area contributed by atoms with Gasteiger partial charge in [0.25, 0.3) is 0 Å². The number of thiophene rings is 1. The number of anilines is 1. The van der Waals surface area contributed by atoms with Crippen LogP contribution in [0.4, 0.5) is 5.69 Å². The number of methoxy groups -OCH3 is 1. The Bertz CT molecular complexity index is 604. The molecule has 8 heteroatoms. The van der Waals surface area contributed by atoms with Crippen molar-refractivity contribution >= 4 is 38.9 Å². The van der Waals surface area contributed by atoms with E-state index >= 15 is 0 Å². The van der Waals surface area contributed by atoms with Gasteiger partial charge in [-0.25, -0.2) is 9.00 Å². The minimum absolute atomic E-state index is 0.00866. The standard InChI is InChI=1S/C8H8N2O4S2/c1-9-4-3-5(15-8(4)12)6(7(11)14-2)16(13)10-3/h9,12H,1-2H3. The van der Waals surface area contributed by atoms with Crippen LogP contribution in [0.2, 0.25) is 0 Å². The molecule has 6 nitrogen and oxygen atoms in total. The van der Waals surface area contributed by atoms with Gasteiger partial charge in [-0.1, -0.05) is 11.3 Å². The summed E-state index contributed by atoms with van der Waals surface area (Å²) < 4.78 is 20.3. The third kappa shape index (κ3) is 1.41. The normalized spacial score (nSPS) is 17.9. The lowest BCUT2D eigenvalue weighted by atomic mass is 10.4. The summed E-state index contributed by atoms with van der Waals surface area (Å²) >= 11 is 0.952. The first-order valence-electron chi connectivity index (χ1n) is 4.23. The number of ether oxygens (including phenoxy) is 1. The van der Waals surface area contributed by atoms with Gasteiger partial charge >= 0.3 is 5.97 Å². The van der Waals surface area contributed by atoms with Crippen LogP contribution in [0.5, 0.6) is 5.06 Å². The molecule has 0 saturated heterocycles. The number of nitrogens with one attached hydrogen (secondary N) is 1. The van der Waals surface area contributed by atoms with Crippen molar-refractivity contribution in [3.63, 3.8) is 0 Å². The first-order valence-corrected chi connectivity index (χ1v) is 6.15. The molecule has 2 N–H and O–H groups in total. The molecule has 86 valence electrons. The van der Waals surface area contributed by atoms with Crippen molar-refractivity contribution in [3.8, 4) is 5.06 Å². The van der Waals surface area contributed by atoms with Gasteiger partial charge in [-0.05, 0) is 0 Å². The van der Waals surface area contributed by atoms with Crippen molar-refractivity contribution < 1.29 is 18.8 Å². The van der Waals surface area contributed by atoms with E-state index in [1.165, 1.54) is 7.11 Å². The van der Waals surface area contributed by atoms with Gasteiger partial charge in [-0.3, -0.25) is 0 Å². The van der Waals surface area contributed by atoms with Crippen LogP contribution >= 0.6 is 11.3 Å². The summed E-state index contributed by atoms with van der Waals surface area (Å²) in [7, 11) is 1.06. The van der Waals surface area contributed by atoms with Gasteiger partial charge in [0, 0.05) is 7.05 Å². The van der Waals surface area contributed by atoms with Crippen molar-refractivity contribution in [2.45, 2.75) is 0 Å². The Balaban J connectivity index is 2.81. The van der Waals surface area contributed by atoms with Gasteiger partial charge in [0.15, 0.2) is 21.0 Å². The molecule has 0 bridgehead atoms. The summed E-state index contributed by atoms with van der Waals surface area (Å²) in [5.74, 6) is -0.690. The monoisotopic (exact) mass is 260 g/mol. The van der Waals surface area contributed by atoms with Crippen molar-refractivity contribution in [2.75, 3.05) is 19.5 Å². The lowest BCUT2D eigenvalue weighted by Crippen LogP contribution is -2.22. The van der Waals surface area contributed by atoms with Crippen LogP contribution in [-0.2, 0) is 20.5 Å². The molecule has 0 fully saturated rings. The minimum atomic E-state index is -1.75. The molecule has 0 aliphatic carbocycles. The van der Waals surface area contributed by atoms with Gasteiger partial charge in [0.2, 0.25) is 0 Å². The Morgan fingerprint density at radius 3 is 2.88 bits per heavy atom. The van der Waals surface area contributed by atoms with Crippen molar-refractivity contribution in [3.05, 3.63) is 9.89 Å². The quantitative estimate of drug-likeness (QED) is 0.671. The fraction of sp³-hybridized carbons (Fsp3) is 0.250. The third-order valence-electron chi connectivity index (χ3n) is 2.04. The molecule has 1 atom stereocenters. The second-order valence-corrected chi connectivity index (χ2v) is 4.96. The molecule has 16 heavy (non-hydrogen) atoms. The Labute approximate surface area is 96.9 Å². The van der Waals surface area contributed by atoms with E-state index in [2.05, 4.69) is 14.5 Å². The maximum Gasteiger partial charge on any atom is 0.350 e. The van der Waals surface area contributed by atoms with Crippen molar-refractivity contribution in [1.82, 2.24) is 0 Å². The highest BCUT2D eigenvalue weighted by Crippen LogP contribution is 2.24. The fourth-order valence-corrected chi connectivity index (χ4v) is 3.57. The van der Waals surface area contributed by atoms with Crippen LogP contribution in [0.15, 0.2) is 4.40 Å². The summed E-state index contributed by atoms with van der Waals surface area (Å²) in [6.07, 6.45) is 0. The molecular formula is C8H8N2O4S2. The number of fused-ring (bicyclic) bond motifs is 1. The second kappa shape index (κ2) is 3.87. The van der Waals surface area contributed by atoms with Gasteiger partial charge in [-0.2, -0.15) is 4.40 Å². The molecule has 0 aromatic carbocycles. The van der Waals surface area contributed by atoms with Crippen LogP contribution in [0, 0.1) is 0 Å². The molecule has 1 aromatic rings. The zero-order valence-electron chi connectivity index (χ0n) is 8.44. The maximum absolute atomic E-state index is 11.6. The summed E-state index contributed by atoms with van der Waals surface area (Å²) in [6.45, 7) is 0. The third-order valence-corrected chi connectivity index (χ3v) is 4.24. The highest BCUT2D eigenvalue weighted by Gasteiger charge is 2.27. The first-order chi connectivity index (χ1) is 7.60. The Morgan fingerprint density at radius 1 is 1.62 bits per heavy atom. The molecule has 2 heterocycles. The molecule has 0 saturated carbocycles. The van der Waals surface area contributed by atoms with E-state index in [9.17, 15) is 14.1 Å². The number of carbonyl (C=O) groups excluding carboxylic acids is 1. The largest absolute Gasteiger partial charge is 0.498 e. The molecule has 1 aliphatic heterocycles. The number of hydrogen-bond acceptors (Lipinski definition) is 6. The summed E-state index contributed by atoms with van der Waals surface area (Å²) in [4.78, 5) is 11.4. The molecule has 0 spiro atoms. The topological polar surface area (TPSA) is 88.0 Å². The highest BCUT2D eigenvalue weighted by atomic mass is 32.2. The van der Waals surface area contributed by atoms with Crippen LogP contribution in [-0.4, -0.2) is 29.4 Å². The van der Waals surface area contributed by atoms with Crippen molar-refractivity contribution in [2.24, 2.45) is 4.40 Å². The smallest absolute Gasteiger partial charge is 0.350 e. The van der Waals surface area contributed by atoms with E-state index in [4.69, 9.17) is 0 Å². The van der Waals surface area contributed by atoms with Gasteiger partial charge in [0.1, 0.15) is 11.0 Å². The molecule has 1 unspecified atom stereocenters. The van der Waals surface area contributed by atoms with E-state index in [1.54, 1.807) is 7.05 Å². The van der Waals surface area contributed by atoms with Gasteiger partial charge < -0.3 is 15.2 Å². The zero-order valence-corrected chi connectivity index (χ0v) is 10.1. The lowest BCUT2D eigenvalue weighted by Gasteiger charge is -1.96. The first kappa shape index (κ1) is 11.1. The predicted molar refractivity (Wildman–Crippen MR) is 59.9 cm³/mol. The average Bonchev–Trinajstić information content (AvgIpc) is 2.70. The van der Waals surface area contributed by atoms with Crippen LogP contribution < -0.4 is 15.2 Å². The molecule has 0 radical (unpaired) electrons. The second-order valence-electron chi connectivity index (χ2n) is 2.87. The van der Waals surface area contributed by atoms with Crippen molar-refractivity contribution in [1.29, 1.82) is 0 Å². The van der Waals surface area contributed by atoms with E-state index in [0.29, 0.717) is 15.6 Å². The fourth-order valence-electron chi connectivity index (χ4n) is 1.34. The molecule has 1 aromatic heterocycles. The summed E-state index contributed by atoms with van der Waals surface area (Å²) in [6, 6.07) is 0. The number of rotatable bonds is 2. The number of hydrogen-bond donors (Lipinski definition) is 2. The predicted octanol–water partition coefficient (Wildman–Crippen LogP) is -0.927. The zero-order chi connectivity index (χ0) is 11.9. The Kier molecular flexibility index (Phi) is 2.68. The number of esters is 1. The average molecular weight is 260 g/mol. The van der Waals surface area contributed by atoms with Crippen LogP contribution in [0.25, 0.3) is 4.91 Å². The van der Waals surface area contributed by atoms with E-state index in [-0.39, 0.29) is 9.97 Å². The maximum atomic E-state index is 11.6. The molecule has 0 amide bonds. The molecular weight excluding hydrogens is 252 g/mol. The van der Waals surface area contributed by atoms with Crippen LogP contribution in [0.1, 0.15) is 0 Å². The number of aromatic hydroxyl groups is 1. The summed E-state index contributed by atoms with van der Waals surface area (Å²) in [5.41, 5.74) is 0.382. The van der Waals surface area contributed by atoms with E-state index in [1.807, 2.05) is 0 Å². The number of carbonyl (C=O) groups is 1. The van der Waals surface area contributed by atoms with E-state index in [0.717, 1.165) is 11.3 Å². The van der Waals surface area contributed by atoms with Gasteiger partial charge in [0.05, 0.1) is 11.6 Å². The van der Waals surface area contributed by atoms with Gasteiger partial charge in [-0.15, -0.1) is 0 Å². The Hall–Kier alpha value is -1.41. The Morgan fingerprint density at radius 2 is 2.31 bits per heavy atom. The molecule has 2 rings (SSSR count). The lowest BCUT2D eigenvalue weighted by molar-refractivity contribution is -0.133. The summed E-state index contributed by atoms with van der Waals surface area (Å²) in [5, 5.41) is 12.7. The molecule has 1 aliphatic rings. The number of nitrogens with zero attached hydrogens (tertiary/aromatic N) is 1. The highest BCUT2D eigenvalue weighted by molar-refractivity contribution is 7.94. The SMILES string of the molecule is CNc1c(O)sc2c1=NS(=O)C=2C(=O)OC. The minimum Gasteiger partial charge on any atom is -0.498 e. The van der Waals surface area contributed by atoms with E-state index < -0.39 is 17.0 Å².